The second kappa shape index (κ2) is 11.0. The van der Waals surface area contributed by atoms with Crippen LogP contribution in [0.3, 0.4) is 0 Å². The number of halogens is 2. The summed E-state index contributed by atoms with van der Waals surface area (Å²) in [5.74, 6) is 1.03. The van der Waals surface area contributed by atoms with Gasteiger partial charge in [0.25, 0.3) is 0 Å². The Bertz CT molecular complexity index is 786. The van der Waals surface area contributed by atoms with Crippen molar-refractivity contribution in [3.8, 4) is 0 Å². The van der Waals surface area contributed by atoms with Crippen molar-refractivity contribution in [2.24, 2.45) is 4.99 Å². The summed E-state index contributed by atoms with van der Waals surface area (Å²) in [5, 5.41) is 7.39. The zero-order chi connectivity index (χ0) is 19.2. The van der Waals surface area contributed by atoms with Gasteiger partial charge in [0.2, 0.25) is 0 Å². The fourth-order valence-corrected chi connectivity index (χ4v) is 3.43. The molecule has 2 rings (SSSR count). The standard InChI is InChI=1S/C19H29FN4OS.HI/c1-5-21-18(23-10-11-26(25)19(2,3)4)22-9-8-14-13-24-17-7-6-15(20)12-16(14)17;/h6-7,12-13,24H,5,8-11H2,1-4H3,(H2,21,22,23);1H. The van der Waals surface area contributed by atoms with Crippen LogP contribution in [-0.2, 0) is 17.2 Å². The number of guanidine groups is 1. The van der Waals surface area contributed by atoms with Gasteiger partial charge in [0, 0.05) is 51.5 Å². The number of hydrogen-bond donors (Lipinski definition) is 3. The fourth-order valence-electron chi connectivity index (χ4n) is 2.56. The predicted octanol–water partition coefficient (Wildman–Crippen LogP) is 3.57. The Hall–Kier alpha value is -1.16. The highest BCUT2D eigenvalue weighted by Gasteiger charge is 2.18. The largest absolute Gasteiger partial charge is 0.361 e. The molecule has 1 atom stereocenters. The Labute approximate surface area is 180 Å². The molecule has 0 spiro atoms. The number of nitrogens with zero attached hydrogens (tertiary/aromatic N) is 1. The predicted molar refractivity (Wildman–Crippen MR) is 124 cm³/mol. The molecule has 1 aromatic carbocycles. The second-order valence-corrected chi connectivity index (χ2v) is 9.43. The number of nitrogens with one attached hydrogen (secondary N) is 3. The monoisotopic (exact) mass is 508 g/mol. The quantitative estimate of drug-likeness (QED) is 0.304. The van der Waals surface area contributed by atoms with Gasteiger partial charge in [-0.3, -0.25) is 9.20 Å². The molecular formula is C19H30FIN4OS. The van der Waals surface area contributed by atoms with E-state index >= 15 is 0 Å². The zero-order valence-corrected chi connectivity index (χ0v) is 19.5. The van der Waals surface area contributed by atoms with E-state index in [2.05, 4.69) is 20.6 Å². The number of rotatable bonds is 7. The van der Waals surface area contributed by atoms with Gasteiger partial charge >= 0.3 is 0 Å². The molecule has 8 heteroatoms. The van der Waals surface area contributed by atoms with Crippen LogP contribution in [0.5, 0.6) is 0 Å². The highest BCUT2D eigenvalue weighted by atomic mass is 127. The molecular weight excluding hydrogens is 478 g/mol. The third kappa shape index (κ3) is 7.40. The van der Waals surface area contributed by atoms with Gasteiger partial charge in [-0.05, 0) is 57.9 Å². The lowest BCUT2D eigenvalue weighted by Crippen LogP contribution is -2.38. The molecule has 0 amide bonds. The van der Waals surface area contributed by atoms with E-state index in [1.54, 1.807) is 12.1 Å². The van der Waals surface area contributed by atoms with Crippen LogP contribution >= 0.6 is 24.0 Å². The van der Waals surface area contributed by atoms with Gasteiger partial charge in [-0.2, -0.15) is 0 Å². The Balaban J connectivity index is 0.00000364. The van der Waals surface area contributed by atoms with Crippen LogP contribution in [0, 0.1) is 5.82 Å². The summed E-state index contributed by atoms with van der Waals surface area (Å²) in [6.07, 6.45) is 2.67. The summed E-state index contributed by atoms with van der Waals surface area (Å²) < 4.78 is 25.3. The Morgan fingerprint density at radius 3 is 2.70 bits per heavy atom. The lowest BCUT2D eigenvalue weighted by molar-refractivity contribution is 0.629. The first-order valence-corrected chi connectivity index (χ1v) is 10.3. The SMILES string of the molecule is CCNC(=NCCS(=O)C(C)(C)C)NCCc1c[nH]c2ccc(F)cc12.I. The first-order valence-electron chi connectivity index (χ1n) is 8.97. The molecule has 5 nitrogen and oxygen atoms in total. The number of aliphatic imine (C=N–C) groups is 1. The molecule has 2 aromatic rings. The normalized spacial score (nSPS) is 13.3. The number of hydrogen-bond acceptors (Lipinski definition) is 2. The topological polar surface area (TPSA) is 69.3 Å². The molecule has 152 valence electrons. The Morgan fingerprint density at radius 1 is 1.30 bits per heavy atom. The van der Waals surface area contributed by atoms with E-state index in [0.717, 1.165) is 29.4 Å². The molecule has 0 fully saturated rings. The molecule has 0 radical (unpaired) electrons. The van der Waals surface area contributed by atoms with E-state index in [-0.39, 0.29) is 34.5 Å². The van der Waals surface area contributed by atoms with Gasteiger partial charge in [-0.25, -0.2) is 4.39 Å². The van der Waals surface area contributed by atoms with Gasteiger partial charge in [-0.1, -0.05) is 0 Å². The second-order valence-electron chi connectivity index (χ2n) is 7.10. The van der Waals surface area contributed by atoms with Crippen LogP contribution in [0.4, 0.5) is 4.39 Å². The number of aromatic nitrogens is 1. The van der Waals surface area contributed by atoms with Crippen LogP contribution in [0.2, 0.25) is 0 Å². The van der Waals surface area contributed by atoms with Crippen molar-refractivity contribution in [1.29, 1.82) is 0 Å². The highest BCUT2D eigenvalue weighted by molar-refractivity contribution is 14.0. The first-order chi connectivity index (χ1) is 12.3. The van der Waals surface area contributed by atoms with Gasteiger partial charge < -0.3 is 15.6 Å². The summed E-state index contributed by atoms with van der Waals surface area (Å²) in [4.78, 5) is 7.66. The van der Waals surface area contributed by atoms with E-state index in [4.69, 9.17) is 0 Å². The van der Waals surface area contributed by atoms with Crippen LogP contribution in [0.25, 0.3) is 10.9 Å². The van der Waals surface area contributed by atoms with Crippen molar-refractivity contribution < 1.29 is 8.60 Å². The van der Waals surface area contributed by atoms with E-state index in [9.17, 15) is 8.60 Å². The number of benzene rings is 1. The molecule has 1 unspecified atom stereocenters. The van der Waals surface area contributed by atoms with Crippen LogP contribution < -0.4 is 10.6 Å². The third-order valence-corrected chi connectivity index (χ3v) is 5.91. The Kier molecular flexibility index (Phi) is 9.72. The highest BCUT2D eigenvalue weighted by Crippen LogP contribution is 2.19. The number of H-pyrrole nitrogens is 1. The first kappa shape index (κ1) is 23.9. The van der Waals surface area contributed by atoms with Gasteiger partial charge in [0.1, 0.15) is 5.82 Å². The van der Waals surface area contributed by atoms with E-state index in [0.29, 0.717) is 24.8 Å². The molecule has 1 aromatic heterocycles. The zero-order valence-electron chi connectivity index (χ0n) is 16.4. The summed E-state index contributed by atoms with van der Waals surface area (Å²) in [5.41, 5.74) is 2.00. The molecule has 3 N–H and O–H groups in total. The summed E-state index contributed by atoms with van der Waals surface area (Å²) in [6.45, 7) is 9.87. The molecule has 1 heterocycles. The van der Waals surface area contributed by atoms with Gasteiger partial charge in [0.05, 0.1) is 6.54 Å². The van der Waals surface area contributed by atoms with Crippen molar-refractivity contribution in [3.05, 3.63) is 35.8 Å². The minimum absolute atomic E-state index is 0. The van der Waals surface area contributed by atoms with Crippen molar-refractivity contribution in [2.45, 2.75) is 38.9 Å². The minimum atomic E-state index is -0.908. The molecule has 0 aliphatic heterocycles. The fraction of sp³-hybridized carbons (Fsp3) is 0.526. The van der Waals surface area contributed by atoms with Crippen molar-refractivity contribution in [1.82, 2.24) is 15.6 Å². The molecule has 0 aliphatic rings. The van der Waals surface area contributed by atoms with Crippen molar-refractivity contribution in [3.63, 3.8) is 0 Å². The summed E-state index contributed by atoms with van der Waals surface area (Å²) in [6, 6.07) is 4.77. The molecule has 27 heavy (non-hydrogen) atoms. The van der Waals surface area contributed by atoms with Crippen LogP contribution in [0.1, 0.15) is 33.3 Å². The van der Waals surface area contributed by atoms with E-state index in [1.165, 1.54) is 6.07 Å². The Morgan fingerprint density at radius 2 is 2.04 bits per heavy atom. The smallest absolute Gasteiger partial charge is 0.191 e. The maximum atomic E-state index is 13.4. The molecule has 0 saturated carbocycles. The average molecular weight is 508 g/mol. The average Bonchev–Trinajstić information content (AvgIpc) is 2.96. The maximum Gasteiger partial charge on any atom is 0.191 e. The molecule has 0 saturated heterocycles. The van der Waals surface area contributed by atoms with E-state index in [1.807, 2.05) is 33.9 Å². The summed E-state index contributed by atoms with van der Waals surface area (Å²) in [7, 11) is -0.908. The number of fused-ring (bicyclic) bond motifs is 1. The van der Waals surface area contributed by atoms with Gasteiger partial charge in [0.15, 0.2) is 5.96 Å². The lowest BCUT2D eigenvalue weighted by Gasteiger charge is -2.17. The minimum Gasteiger partial charge on any atom is -0.361 e. The molecule has 0 aliphatic carbocycles. The maximum absolute atomic E-state index is 13.4. The lowest BCUT2D eigenvalue weighted by atomic mass is 10.1. The van der Waals surface area contributed by atoms with Crippen LogP contribution in [0.15, 0.2) is 29.4 Å². The molecule has 0 bridgehead atoms. The van der Waals surface area contributed by atoms with E-state index < -0.39 is 10.8 Å². The van der Waals surface area contributed by atoms with Crippen LogP contribution in [-0.4, -0.2) is 45.3 Å². The van der Waals surface area contributed by atoms with Crippen molar-refractivity contribution >= 4 is 51.6 Å². The third-order valence-electron chi connectivity index (χ3n) is 3.99. The number of aromatic amines is 1. The summed E-state index contributed by atoms with van der Waals surface area (Å²) >= 11 is 0. The van der Waals surface area contributed by atoms with Gasteiger partial charge in [-0.15, -0.1) is 24.0 Å². The van der Waals surface area contributed by atoms with Crippen molar-refractivity contribution in [2.75, 3.05) is 25.4 Å².